The lowest BCUT2D eigenvalue weighted by Crippen LogP contribution is -2.47. The molecule has 28 heavy (non-hydrogen) atoms. The summed E-state index contributed by atoms with van der Waals surface area (Å²) in [7, 11) is 0. The van der Waals surface area contributed by atoms with E-state index in [-0.39, 0.29) is 34.9 Å². The third-order valence-electron chi connectivity index (χ3n) is 4.97. The van der Waals surface area contributed by atoms with E-state index >= 15 is 0 Å². The Morgan fingerprint density at radius 2 is 1.93 bits per heavy atom. The summed E-state index contributed by atoms with van der Waals surface area (Å²) in [6, 6.07) is 4.15. The highest BCUT2D eigenvalue weighted by Crippen LogP contribution is 2.41. The summed E-state index contributed by atoms with van der Waals surface area (Å²) in [6.45, 7) is -0.523. The van der Waals surface area contributed by atoms with Crippen molar-refractivity contribution in [3.63, 3.8) is 0 Å². The van der Waals surface area contributed by atoms with Gasteiger partial charge in [0, 0.05) is 6.42 Å². The first-order chi connectivity index (χ1) is 13.4. The fraction of sp³-hybridized carbons (Fsp3) is 0.353. The van der Waals surface area contributed by atoms with Crippen LogP contribution < -0.4 is 5.73 Å². The molecule has 1 aromatic carbocycles. The number of phenolic OH excluding ortho intramolecular Hbond substituents is 2. The quantitative estimate of drug-likeness (QED) is 0.298. The topological polar surface area (TPSA) is 180 Å². The lowest BCUT2D eigenvalue weighted by molar-refractivity contribution is -0.145. The number of anilines is 1. The van der Waals surface area contributed by atoms with E-state index < -0.39 is 30.6 Å². The van der Waals surface area contributed by atoms with Gasteiger partial charge in [0.05, 0.1) is 12.9 Å². The second-order valence-electron chi connectivity index (χ2n) is 6.66. The third-order valence-corrected chi connectivity index (χ3v) is 4.97. The average Bonchev–Trinajstić information content (AvgIpc) is 3.21. The number of nitrogens with zero attached hydrogens (tertiary/aromatic N) is 4. The number of benzene rings is 1. The van der Waals surface area contributed by atoms with Gasteiger partial charge in [-0.2, -0.15) is 0 Å². The number of phenols is 2. The smallest absolute Gasteiger partial charge is 0.180 e. The first-order valence-corrected chi connectivity index (χ1v) is 8.47. The fourth-order valence-electron chi connectivity index (χ4n) is 3.55. The van der Waals surface area contributed by atoms with Crippen molar-refractivity contribution in [1.29, 1.82) is 0 Å². The molecule has 0 radical (unpaired) electrons. The Morgan fingerprint density at radius 1 is 1.14 bits per heavy atom. The highest BCUT2D eigenvalue weighted by atomic mass is 16.6. The second-order valence-corrected chi connectivity index (χ2v) is 6.66. The van der Waals surface area contributed by atoms with Crippen LogP contribution in [0.3, 0.4) is 0 Å². The third kappa shape index (κ3) is 2.64. The minimum absolute atomic E-state index is 0.0368. The SMILES string of the molecule is Nc1ncnc2c1ncn2[C@]1(Cc2ccc(O)c(O)c2)O[C@H](CO)[C@@H](O)[C@H]1O. The van der Waals surface area contributed by atoms with Crippen molar-refractivity contribution in [2.24, 2.45) is 0 Å². The van der Waals surface area contributed by atoms with Crippen LogP contribution in [0.1, 0.15) is 5.56 Å². The highest BCUT2D eigenvalue weighted by Gasteiger charge is 2.56. The van der Waals surface area contributed by atoms with Gasteiger partial charge in [0.1, 0.15) is 30.2 Å². The Labute approximate surface area is 158 Å². The lowest BCUT2D eigenvalue weighted by Gasteiger charge is -2.34. The van der Waals surface area contributed by atoms with Crippen LogP contribution in [0, 0.1) is 0 Å². The predicted molar refractivity (Wildman–Crippen MR) is 95.2 cm³/mol. The number of aliphatic hydroxyl groups is 3. The normalized spacial score (nSPS) is 27.5. The van der Waals surface area contributed by atoms with Crippen LogP contribution >= 0.6 is 0 Å². The number of ether oxygens (including phenoxy) is 1. The number of aromatic nitrogens is 4. The van der Waals surface area contributed by atoms with Gasteiger partial charge in [-0.25, -0.2) is 15.0 Å². The van der Waals surface area contributed by atoms with Gasteiger partial charge in [0.15, 0.2) is 28.7 Å². The number of hydrogen-bond acceptors (Lipinski definition) is 10. The van der Waals surface area contributed by atoms with Crippen LogP contribution in [0.5, 0.6) is 11.5 Å². The molecule has 0 saturated carbocycles. The summed E-state index contributed by atoms with van der Waals surface area (Å²) < 4.78 is 7.34. The van der Waals surface area contributed by atoms with Gasteiger partial charge in [-0.3, -0.25) is 4.57 Å². The summed E-state index contributed by atoms with van der Waals surface area (Å²) in [6.07, 6.45) is -1.35. The second kappa shape index (κ2) is 6.56. The molecule has 0 spiro atoms. The monoisotopic (exact) mass is 389 g/mol. The van der Waals surface area contributed by atoms with Gasteiger partial charge in [0.2, 0.25) is 0 Å². The van der Waals surface area contributed by atoms with Gasteiger partial charge in [0.25, 0.3) is 0 Å². The van der Waals surface area contributed by atoms with Crippen molar-refractivity contribution in [1.82, 2.24) is 19.5 Å². The van der Waals surface area contributed by atoms with E-state index in [0.29, 0.717) is 5.56 Å². The fourth-order valence-corrected chi connectivity index (χ4v) is 3.55. The number of nitrogen functional groups attached to an aromatic ring is 1. The Balaban J connectivity index is 1.89. The molecule has 1 aliphatic heterocycles. The van der Waals surface area contributed by atoms with Crippen LogP contribution in [0.4, 0.5) is 5.82 Å². The van der Waals surface area contributed by atoms with Crippen molar-refractivity contribution in [2.75, 3.05) is 12.3 Å². The predicted octanol–water partition coefficient (Wildman–Crippen LogP) is -1.17. The molecule has 0 unspecified atom stereocenters. The lowest BCUT2D eigenvalue weighted by atomic mass is 9.94. The largest absolute Gasteiger partial charge is 0.504 e. The number of aromatic hydroxyl groups is 2. The van der Waals surface area contributed by atoms with E-state index in [9.17, 15) is 25.5 Å². The van der Waals surface area contributed by atoms with Crippen LogP contribution in [-0.4, -0.2) is 70.0 Å². The molecule has 11 nitrogen and oxygen atoms in total. The zero-order chi connectivity index (χ0) is 20.1. The zero-order valence-corrected chi connectivity index (χ0v) is 14.5. The van der Waals surface area contributed by atoms with E-state index in [4.69, 9.17) is 10.5 Å². The standard InChI is InChI=1S/C17H19N5O6/c18-15-12-16(20-6-19-15)22(7-21-12)17(14(27)13(26)11(5-23)28-17)4-8-1-2-9(24)10(25)3-8/h1-3,6-7,11,13-14,23-27H,4-5H2,(H2,18,19,20)/t11-,13-,14-,17-/m1/s1. The molecular formula is C17H19N5O6. The molecule has 0 amide bonds. The van der Waals surface area contributed by atoms with E-state index in [1.165, 1.54) is 35.4 Å². The number of rotatable bonds is 4. The minimum Gasteiger partial charge on any atom is -0.504 e. The molecular weight excluding hydrogens is 370 g/mol. The van der Waals surface area contributed by atoms with Crippen molar-refractivity contribution in [3.05, 3.63) is 36.4 Å². The molecule has 3 aromatic rings. The summed E-state index contributed by atoms with van der Waals surface area (Å²) in [4.78, 5) is 12.2. The number of hydrogen-bond donors (Lipinski definition) is 6. The van der Waals surface area contributed by atoms with Crippen molar-refractivity contribution in [2.45, 2.75) is 30.5 Å². The average molecular weight is 389 g/mol. The van der Waals surface area contributed by atoms with E-state index in [0.717, 1.165) is 0 Å². The first-order valence-electron chi connectivity index (χ1n) is 8.47. The number of imidazole rings is 1. The van der Waals surface area contributed by atoms with Gasteiger partial charge >= 0.3 is 0 Å². The summed E-state index contributed by atoms with van der Waals surface area (Å²) in [5, 5.41) is 50.2. The summed E-state index contributed by atoms with van der Waals surface area (Å²) in [5.41, 5.74) is 5.27. The molecule has 4 rings (SSSR count). The van der Waals surface area contributed by atoms with Gasteiger partial charge in [-0.15, -0.1) is 0 Å². The molecule has 0 aliphatic carbocycles. The van der Waals surface area contributed by atoms with Crippen molar-refractivity contribution >= 4 is 17.0 Å². The highest BCUT2D eigenvalue weighted by molar-refractivity contribution is 5.81. The molecule has 148 valence electrons. The Kier molecular flexibility index (Phi) is 4.31. The number of fused-ring (bicyclic) bond motifs is 1. The Hall–Kier alpha value is -2.99. The number of nitrogens with two attached hydrogens (primary N) is 1. The van der Waals surface area contributed by atoms with Crippen LogP contribution in [0.25, 0.3) is 11.2 Å². The van der Waals surface area contributed by atoms with E-state index in [1.54, 1.807) is 0 Å². The molecule has 7 N–H and O–H groups in total. The maximum Gasteiger partial charge on any atom is 0.180 e. The molecule has 4 atom stereocenters. The van der Waals surface area contributed by atoms with Crippen LogP contribution in [-0.2, 0) is 16.9 Å². The molecule has 3 heterocycles. The van der Waals surface area contributed by atoms with Gasteiger partial charge in [-0.1, -0.05) is 6.07 Å². The molecule has 1 aliphatic rings. The Bertz CT molecular complexity index is 1030. The van der Waals surface area contributed by atoms with Crippen LogP contribution in [0.15, 0.2) is 30.9 Å². The van der Waals surface area contributed by atoms with Gasteiger partial charge < -0.3 is 36.0 Å². The molecule has 2 aromatic heterocycles. The van der Waals surface area contributed by atoms with E-state index in [2.05, 4.69) is 15.0 Å². The van der Waals surface area contributed by atoms with Crippen molar-refractivity contribution < 1.29 is 30.3 Å². The molecule has 1 fully saturated rings. The molecule has 1 saturated heterocycles. The summed E-state index contributed by atoms with van der Waals surface area (Å²) >= 11 is 0. The maximum absolute atomic E-state index is 10.9. The van der Waals surface area contributed by atoms with Crippen LogP contribution in [0.2, 0.25) is 0 Å². The molecule has 0 bridgehead atoms. The van der Waals surface area contributed by atoms with Gasteiger partial charge in [-0.05, 0) is 17.7 Å². The molecule has 11 heteroatoms. The first kappa shape index (κ1) is 18.4. The van der Waals surface area contributed by atoms with E-state index in [1.807, 2.05) is 0 Å². The zero-order valence-electron chi connectivity index (χ0n) is 14.5. The van der Waals surface area contributed by atoms with Crippen molar-refractivity contribution in [3.8, 4) is 11.5 Å². The number of aliphatic hydroxyl groups excluding tert-OH is 3. The maximum atomic E-state index is 10.9. The Morgan fingerprint density at radius 3 is 2.61 bits per heavy atom. The summed E-state index contributed by atoms with van der Waals surface area (Å²) in [5.74, 6) is -0.512. The minimum atomic E-state index is -1.61.